The minimum Gasteiger partial charge on any atom is -0.393 e. The number of aliphatic hydroxyl groups excluding tert-OH is 1. The average molecular weight is 179 g/mol. The van der Waals surface area contributed by atoms with E-state index in [4.69, 9.17) is 5.11 Å². The average Bonchev–Trinajstić information content (AvgIpc) is 2.08. The van der Waals surface area contributed by atoms with Gasteiger partial charge in [0.1, 0.15) is 0 Å². The van der Waals surface area contributed by atoms with Crippen LogP contribution in [0.5, 0.6) is 0 Å². The lowest BCUT2D eigenvalue weighted by molar-refractivity contribution is 0.189. The van der Waals surface area contributed by atoms with E-state index < -0.39 is 0 Å². The summed E-state index contributed by atoms with van der Waals surface area (Å²) < 4.78 is 0. The Bertz CT molecular complexity index is 241. The van der Waals surface area contributed by atoms with Crippen molar-refractivity contribution in [3.8, 4) is 0 Å². The van der Waals surface area contributed by atoms with Gasteiger partial charge >= 0.3 is 0 Å². The van der Waals surface area contributed by atoms with Crippen molar-refractivity contribution in [3.05, 3.63) is 29.8 Å². The predicted octanol–water partition coefficient (Wildman–Crippen LogP) is 2.18. The molecule has 13 heavy (non-hydrogen) atoms. The fourth-order valence-corrected chi connectivity index (χ4v) is 1.10. The summed E-state index contributed by atoms with van der Waals surface area (Å²) in [5, 5.41) is 12.3. The number of benzene rings is 1. The van der Waals surface area contributed by atoms with Crippen LogP contribution in [-0.2, 0) is 0 Å². The quantitative estimate of drug-likeness (QED) is 0.742. The van der Waals surface area contributed by atoms with E-state index >= 15 is 0 Å². The summed E-state index contributed by atoms with van der Waals surface area (Å²) in [6, 6.07) is 8.25. The number of rotatable bonds is 4. The Hall–Kier alpha value is -1.02. The van der Waals surface area contributed by atoms with Crippen molar-refractivity contribution in [2.24, 2.45) is 0 Å². The Morgan fingerprint density at radius 3 is 2.46 bits per heavy atom. The molecule has 0 saturated carbocycles. The maximum absolute atomic E-state index is 9.03. The number of aryl methyl sites for hydroxylation is 1. The Kier molecular flexibility index (Phi) is 3.77. The van der Waals surface area contributed by atoms with Crippen molar-refractivity contribution in [2.45, 2.75) is 26.4 Å². The van der Waals surface area contributed by atoms with E-state index in [2.05, 4.69) is 36.5 Å². The predicted molar refractivity (Wildman–Crippen MR) is 56.0 cm³/mol. The second kappa shape index (κ2) is 4.87. The highest BCUT2D eigenvalue weighted by atomic mass is 16.3. The van der Waals surface area contributed by atoms with E-state index in [0.717, 1.165) is 18.7 Å². The van der Waals surface area contributed by atoms with Crippen molar-refractivity contribution < 1.29 is 5.11 Å². The van der Waals surface area contributed by atoms with Crippen LogP contribution in [0.2, 0.25) is 0 Å². The molecule has 1 aromatic rings. The molecular weight excluding hydrogens is 162 g/mol. The van der Waals surface area contributed by atoms with Gasteiger partial charge in [-0.3, -0.25) is 0 Å². The third-order valence-electron chi connectivity index (χ3n) is 1.94. The molecule has 2 N–H and O–H groups in total. The smallest absolute Gasteiger partial charge is 0.0528 e. The van der Waals surface area contributed by atoms with E-state index in [-0.39, 0.29) is 6.10 Å². The van der Waals surface area contributed by atoms with E-state index in [0.29, 0.717) is 0 Å². The van der Waals surface area contributed by atoms with E-state index in [1.54, 1.807) is 6.92 Å². The van der Waals surface area contributed by atoms with Crippen molar-refractivity contribution in [2.75, 3.05) is 11.9 Å². The van der Waals surface area contributed by atoms with Gasteiger partial charge in [0.05, 0.1) is 6.10 Å². The van der Waals surface area contributed by atoms with Gasteiger partial charge in [0, 0.05) is 12.2 Å². The fourth-order valence-electron chi connectivity index (χ4n) is 1.10. The first kappa shape index (κ1) is 10.1. The maximum Gasteiger partial charge on any atom is 0.0528 e. The highest BCUT2D eigenvalue weighted by Crippen LogP contribution is 2.08. The van der Waals surface area contributed by atoms with Gasteiger partial charge in [0.25, 0.3) is 0 Å². The molecule has 0 aliphatic rings. The van der Waals surface area contributed by atoms with Crippen LogP contribution in [0.15, 0.2) is 24.3 Å². The van der Waals surface area contributed by atoms with Crippen LogP contribution in [0.4, 0.5) is 5.69 Å². The van der Waals surface area contributed by atoms with Crippen LogP contribution in [0.1, 0.15) is 18.9 Å². The van der Waals surface area contributed by atoms with Crippen LogP contribution in [0, 0.1) is 6.92 Å². The molecule has 1 atom stereocenters. The molecule has 0 bridgehead atoms. The molecule has 0 spiro atoms. The normalized spacial score (nSPS) is 12.5. The highest BCUT2D eigenvalue weighted by Gasteiger charge is 1.95. The zero-order valence-corrected chi connectivity index (χ0v) is 8.25. The molecule has 0 radical (unpaired) electrons. The molecule has 1 rings (SSSR count). The Balaban J connectivity index is 2.33. The van der Waals surface area contributed by atoms with E-state index in [9.17, 15) is 0 Å². The molecule has 1 unspecified atom stereocenters. The second-order valence-corrected chi connectivity index (χ2v) is 3.43. The van der Waals surface area contributed by atoms with E-state index in [1.807, 2.05) is 0 Å². The van der Waals surface area contributed by atoms with Crippen LogP contribution in [-0.4, -0.2) is 17.8 Å². The second-order valence-electron chi connectivity index (χ2n) is 3.43. The van der Waals surface area contributed by atoms with Gasteiger partial charge in [-0.15, -0.1) is 0 Å². The van der Waals surface area contributed by atoms with Crippen molar-refractivity contribution in [3.63, 3.8) is 0 Å². The summed E-state index contributed by atoms with van der Waals surface area (Å²) in [5.74, 6) is 0. The number of hydrogen-bond donors (Lipinski definition) is 2. The Morgan fingerprint density at radius 2 is 1.92 bits per heavy atom. The molecular formula is C11H17NO. The van der Waals surface area contributed by atoms with E-state index in [1.165, 1.54) is 5.56 Å². The molecule has 0 heterocycles. The van der Waals surface area contributed by atoms with Gasteiger partial charge in [-0.1, -0.05) is 17.7 Å². The SMILES string of the molecule is Cc1ccc(NCCC(C)O)cc1. The summed E-state index contributed by atoms with van der Waals surface area (Å²) in [7, 11) is 0. The van der Waals surface area contributed by atoms with Crippen LogP contribution < -0.4 is 5.32 Å². The minimum atomic E-state index is -0.224. The van der Waals surface area contributed by atoms with Crippen LogP contribution in [0.25, 0.3) is 0 Å². The summed E-state index contributed by atoms with van der Waals surface area (Å²) >= 11 is 0. The molecule has 0 aromatic heterocycles. The molecule has 0 aliphatic heterocycles. The first-order valence-corrected chi connectivity index (χ1v) is 4.67. The summed E-state index contributed by atoms with van der Waals surface area (Å²) in [5.41, 5.74) is 2.38. The third-order valence-corrected chi connectivity index (χ3v) is 1.94. The highest BCUT2D eigenvalue weighted by molar-refractivity contribution is 5.44. The molecule has 0 fully saturated rings. The van der Waals surface area contributed by atoms with Gasteiger partial charge in [-0.25, -0.2) is 0 Å². The molecule has 2 nitrogen and oxygen atoms in total. The summed E-state index contributed by atoms with van der Waals surface area (Å²) in [6.07, 6.45) is 0.561. The largest absolute Gasteiger partial charge is 0.393 e. The lowest BCUT2D eigenvalue weighted by Crippen LogP contribution is -2.09. The first-order valence-electron chi connectivity index (χ1n) is 4.67. The number of hydrogen-bond acceptors (Lipinski definition) is 2. The fraction of sp³-hybridized carbons (Fsp3) is 0.455. The summed E-state index contributed by atoms with van der Waals surface area (Å²) in [4.78, 5) is 0. The molecule has 72 valence electrons. The van der Waals surface area contributed by atoms with Crippen molar-refractivity contribution >= 4 is 5.69 Å². The van der Waals surface area contributed by atoms with Crippen molar-refractivity contribution in [1.82, 2.24) is 0 Å². The number of anilines is 1. The molecule has 1 aromatic carbocycles. The standard InChI is InChI=1S/C11H17NO/c1-9-3-5-11(6-4-9)12-8-7-10(2)13/h3-6,10,12-13H,7-8H2,1-2H3. The van der Waals surface area contributed by atoms with Gasteiger partial charge in [-0.05, 0) is 32.4 Å². The minimum absolute atomic E-state index is 0.224. The van der Waals surface area contributed by atoms with Crippen LogP contribution in [0.3, 0.4) is 0 Å². The van der Waals surface area contributed by atoms with Gasteiger partial charge in [-0.2, -0.15) is 0 Å². The van der Waals surface area contributed by atoms with Crippen LogP contribution >= 0.6 is 0 Å². The van der Waals surface area contributed by atoms with Crippen molar-refractivity contribution in [1.29, 1.82) is 0 Å². The lowest BCUT2D eigenvalue weighted by atomic mass is 10.2. The van der Waals surface area contributed by atoms with Gasteiger partial charge < -0.3 is 10.4 Å². The monoisotopic (exact) mass is 179 g/mol. The Labute approximate surface area is 79.6 Å². The van der Waals surface area contributed by atoms with Gasteiger partial charge in [0.2, 0.25) is 0 Å². The molecule has 0 saturated heterocycles. The summed E-state index contributed by atoms with van der Waals surface area (Å²) in [6.45, 7) is 4.69. The lowest BCUT2D eigenvalue weighted by Gasteiger charge is -2.07. The molecule has 2 heteroatoms. The van der Waals surface area contributed by atoms with Gasteiger partial charge in [0.15, 0.2) is 0 Å². The molecule has 0 aliphatic carbocycles. The topological polar surface area (TPSA) is 32.3 Å². The number of nitrogens with one attached hydrogen (secondary N) is 1. The zero-order chi connectivity index (χ0) is 9.68. The molecule has 0 amide bonds. The maximum atomic E-state index is 9.03. The third kappa shape index (κ3) is 3.95. The Morgan fingerprint density at radius 1 is 1.31 bits per heavy atom. The zero-order valence-electron chi connectivity index (χ0n) is 8.25. The number of aliphatic hydroxyl groups is 1. The first-order chi connectivity index (χ1) is 6.18.